The molecule has 0 aliphatic carbocycles. The summed E-state index contributed by atoms with van der Waals surface area (Å²) in [6, 6.07) is 20.8. The van der Waals surface area contributed by atoms with Crippen molar-refractivity contribution >= 4 is 23.3 Å². The predicted octanol–water partition coefficient (Wildman–Crippen LogP) is 5.22. The first-order chi connectivity index (χ1) is 15.0. The Morgan fingerprint density at radius 2 is 1.77 bits per heavy atom. The fourth-order valence-electron chi connectivity index (χ4n) is 3.70. The van der Waals surface area contributed by atoms with E-state index < -0.39 is 0 Å². The molecule has 1 heterocycles. The average molecular weight is 417 g/mol. The number of halogens is 1. The minimum absolute atomic E-state index is 0.118. The summed E-state index contributed by atoms with van der Waals surface area (Å²) in [6.45, 7) is 3.58. The van der Waals surface area contributed by atoms with E-state index in [1.165, 1.54) is 12.1 Å². The third kappa shape index (κ3) is 4.74. The predicted molar refractivity (Wildman–Crippen MR) is 120 cm³/mol. The molecular weight excluding hydrogens is 393 g/mol. The van der Waals surface area contributed by atoms with E-state index in [2.05, 4.69) is 5.32 Å². The van der Waals surface area contributed by atoms with Gasteiger partial charge in [0.25, 0.3) is 5.91 Å². The van der Waals surface area contributed by atoms with Crippen molar-refractivity contribution in [2.75, 3.05) is 23.3 Å². The molecule has 3 aromatic rings. The first-order valence-corrected chi connectivity index (χ1v) is 10.3. The van der Waals surface area contributed by atoms with E-state index in [0.29, 0.717) is 30.9 Å². The fraction of sp³-hybridized carbons (Fsp3) is 0.200. The second kappa shape index (κ2) is 9.00. The van der Waals surface area contributed by atoms with Gasteiger partial charge in [0.2, 0.25) is 0 Å². The molecular formula is C25H24FN3O2. The lowest BCUT2D eigenvalue weighted by atomic mass is 10.1. The standard InChI is InChI=1S/C25H24FN3O2/c1-18-6-2-3-9-23(18)27-24(30)20-7-4-8-22(16-20)29-15-5-14-28(25(29)31)17-19-10-12-21(26)13-11-19/h2-4,6-13,16H,5,14-15,17H2,1H3,(H,27,30). The molecule has 0 bridgehead atoms. The number of amides is 3. The van der Waals surface area contributed by atoms with Crippen molar-refractivity contribution in [3.05, 3.63) is 95.3 Å². The van der Waals surface area contributed by atoms with Crippen LogP contribution in [-0.4, -0.2) is 29.9 Å². The van der Waals surface area contributed by atoms with E-state index in [0.717, 1.165) is 23.2 Å². The van der Waals surface area contributed by atoms with Gasteiger partial charge in [-0.15, -0.1) is 0 Å². The number of benzene rings is 3. The smallest absolute Gasteiger partial charge is 0.322 e. The zero-order valence-corrected chi connectivity index (χ0v) is 17.3. The molecule has 1 aliphatic rings. The maximum Gasteiger partial charge on any atom is 0.324 e. The minimum Gasteiger partial charge on any atom is -0.322 e. The molecule has 1 fully saturated rings. The van der Waals surface area contributed by atoms with E-state index >= 15 is 0 Å². The molecule has 1 N–H and O–H groups in total. The number of anilines is 2. The number of rotatable bonds is 5. The van der Waals surface area contributed by atoms with Gasteiger partial charge in [-0.1, -0.05) is 36.4 Å². The average Bonchev–Trinajstić information content (AvgIpc) is 2.78. The van der Waals surface area contributed by atoms with Crippen LogP contribution in [-0.2, 0) is 6.54 Å². The first kappa shape index (κ1) is 20.6. The Morgan fingerprint density at radius 1 is 1.00 bits per heavy atom. The number of hydrogen-bond donors (Lipinski definition) is 1. The SMILES string of the molecule is Cc1ccccc1NC(=O)c1cccc(N2CCCN(Cc3ccc(F)cc3)C2=O)c1. The minimum atomic E-state index is -0.295. The van der Waals surface area contributed by atoms with Crippen LogP contribution >= 0.6 is 0 Å². The molecule has 6 heteroatoms. The Morgan fingerprint density at radius 3 is 2.55 bits per heavy atom. The monoisotopic (exact) mass is 417 g/mol. The third-order valence-corrected chi connectivity index (χ3v) is 5.41. The molecule has 4 rings (SSSR count). The molecule has 0 spiro atoms. The maximum absolute atomic E-state index is 13.2. The van der Waals surface area contributed by atoms with Gasteiger partial charge in [0.1, 0.15) is 5.82 Å². The highest BCUT2D eigenvalue weighted by molar-refractivity contribution is 6.05. The quantitative estimate of drug-likeness (QED) is 0.619. The molecule has 0 atom stereocenters. The van der Waals surface area contributed by atoms with Gasteiger partial charge < -0.3 is 10.2 Å². The summed E-state index contributed by atoms with van der Waals surface area (Å²) in [6.07, 6.45) is 0.812. The number of hydrogen-bond acceptors (Lipinski definition) is 2. The fourth-order valence-corrected chi connectivity index (χ4v) is 3.70. The second-order valence-corrected chi connectivity index (χ2v) is 7.66. The molecule has 0 aromatic heterocycles. The lowest BCUT2D eigenvalue weighted by molar-refractivity contribution is 0.102. The van der Waals surface area contributed by atoms with Crippen molar-refractivity contribution in [2.24, 2.45) is 0 Å². The highest BCUT2D eigenvalue weighted by atomic mass is 19.1. The van der Waals surface area contributed by atoms with Crippen LogP contribution in [0.5, 0.6) is 0 Å². The van der Waals surface area contributed by atoms with Crippen molar-refractivity contribution in [3.8, 4) is 0 Å². The van der Waals surface area contributed by atoms with E-state index in [4.69, 9.17) is 0 Å². The number of carbonyl (C=O) groups excluding carboxylic acids is 2. The summed E-state index contributed by atoms with van der Waals surface area (Å²) in [4.78, 5) is 29.3. The molecule has 3 amide bonds. The van der Waals surface area contributed by atoms with Crippen LogP contribution in [0.1, 0.15) is 27.9 Å². The van der Waals surface area contributed by atoms with Crippen LogP contribution in [0.15, 0.2) is 72.8 Å². The second-order valence-electron chi connectivity index (χ2n) is 7.66. The Hall–Kier alpha value is -3.67. The number of urea groups is 1. The van der Waals surface area contributed by atoms with Crippen LogP contribution in [0.25, 0.3) is 0 Å². The molecule has 0 unspecified atom stereocenters. The Labute approximate surface area is 181 Å². The number of carbonyl (C=O) groups is 2. The zero-order valence-electron chi connectivity index (χ0n) is 17.3. The lowest BCUT2D eigenvalue weighted by Gasteiger charge is -2.35. The van der Waals surface area contributed by atoms with Crippen molar-refractivity contribution < 1.29 is 14.0 Å². The highest BCUT2D eigenvalue weighted by Crippen LogP contribution is 2.23. The Balaban J connectivity index is 1.49. The maximum atomic E-state index is 13.2. The topological polar surface area (TPSA) is 52.7 Å². The van der Waals surface area contributed by atoms with E-state index in [-0.39, 0.29) is 17.8 Å². The lowest BCUT2D eigenvalue weighted by Crippen LogP contribution is -2.49. The van der Waals surface area contributed by atoms with Gasteiger partial charge in [0.15, 0.2) is 0 Å². The van der Waals surface area contributed by atoms with Gasteiger partial charge in [0.05, 0.1) is 0 Å². The van der Waals surface area contributed by atoms with Gasteiger partial charge in [0, 0.05) is 36.6 Å². The number of para-hydroxylation sites is 1. The summed E-state index contributed by atoms with van der Waals surface area (Å²) in [7, 11) is 0. The third-order valence-electron chi connectivity index (χ3n) is 5.41. The molecule has 158 valence electrons. The van der Waals surface area contributed by atoms with Crippen molar-refractivity contribution in [1.29, 1.82) is 0 Å². The van der Waals surface area contributed by atoms with Crippen molar-refractivity contribution in [1.82, 2.24) is 4.90 Å². The van der Waals surface area contributed by atoms with Crippen molar-refractivity contribution in [3.63, 3.8) is 0 Å². The van der Waals surface area contributed by atoms with Gasteiger partial charge in [-0.05, 0) is 60.9 Å². The van der Waals surface area contributed by atoms with Gasteiger partial charge in [-0.3, -0.25) is 9.69 Å². The van der Waals surface area contributed by atoms with Crippen molar-refractivity contribution in [2.45, 2.75) is 19.9 Å². The largest absolute Gasteiger partial charge is 0.324 e. The molecule has 5 nitrogen and oxygen atoms in total. The summed E-state index contributed by atoms with van der Waals surface area (Å²) in [5, 5.41) is 2.93. The number of aryl methyl sites for hydroxylation is 1. The van der Waals surface area contributed by atoms with Crippen LogP contribution in [0.3, 0.4) is 0 Å². The molecule has 1 aliphatic heterocycles. The number of nitrogens with zero attached hydrogens (tertiary/aromatic N) is 2. The van der Waals surface area contributed by atoms with Gasteiger partial charge in [-0.2, -0.15) is 0 Å². The molecule has 31 heavy (non-hydrogen) atoms. The molecule has 0 radical (unpaired) electrons. The van der Waals surface area contributed by atoms with Crippen LogP contribution < -0.4 is 10.2 Å². The van der Waals surface area contributed by atoms with Crippen LogP contribution in [0, 0.1) is 12.7 Å². The van der Waals surface area contributed by atoms with E-state index in [9.17, 15) is 14.0 Å². The van der Waals surface area contributed by atoms with E-state index in [1.54, 1.807) is 40.1 Å². The summed E-state index contributed by atoms with van der Waals surface area (Å²) in [5.74, 6) is -0.514. The summed E-state index contributed by atoms with van der Waals surface area (Å²) in [5.41, 5.74) is 3.80. The van der Waals surface area contributed by atoms with Crippen LogP contribution in [0.2, 0.25) is 0 Å². The normalized spacial score (nSPS) is 13.9. The molecule has 0 saturated carbocycles. The highest BCUT2D eigenvalue weighted by Gasteiger charge is 2.27. The zero-order chi connectivity index (χ0) is 21.8. The Bertz CT molecular complexity index is 1100. The summed E-state index contributed by atoms with van der Waals surface area (Å²) < 4.78 is 13.2. The van der Waals surface area contributed by atoms with Crippen LogP contribution in [0.4, 0.5) is 20.6 Å². The van der Waals surface area contributed by atoms with Gasteiger partial charge >= 0.3 is 6.03 Å². The first-order valence-electron chi connectivity index (χ1n) is 10.3. The Kier molecular flexibility index (Phi) is 5.98. The molecule has 3 aromatic carbocycles. The summed E-state index contributed by atoms with van der Waals surface area (Å²) >= 11 is 0. The van der Waals surface area contributed by atoms with E-state index in [1.807, 2.05) is 37.3 Å². The molecule has 1 saturated heterocycles. The van der Waals surface area contributed by atoms with Gasteiger partial charge in [-0.25, -0.2) is 9.18 Å². The number of nitrogens with one attached hydrogen (secondary N) is 1.